The van der Waals surface area contributed by atoms with Crippen LogP contribution in [0.4, 0.5) is 0 Å². The van der Waals surface area contributed by atoms with Crippen molar-refractivity contribution in [2.45, 2.75) is 30.7 Å². The number of phenolic OH excluding ortho intramolecular Hbond substituents is 2. The number of hydrogen-bond acceptors (Lipinski definition) is 12. The molecule has 3 aromatic rings. The number of ether oxygens (including phenoxy) is 3. The SMILES string of the molecule is COc1cc(-c2oc3cc(O)cc(O[C@@H]4O[C@H](CO)[C@@H](O)[C@@H](O)[C@@H]4O)c3c(=O)c2O)ccc1O. The van der Waals surface area contributed by atoms with Crippen molar-refractivity contribution in [1.82, 2.24) is 0 Å². The van der Waals surface area contributed by atoms with Gasteiger partial charge in [-0.25, -0.2) is 0 Å². The van der Waals surface area contributed by atoms with E-state index in [4.69, 9.17) is 18.6 Å². The molecule has 0 saturated carbocycles. The fourth-order valence-corrected chi connectivity index (χ4v) is 3.66. The normalized spacial score (nSPS) is 24.8. The molecule has 1 aromatic heterocycles. The maximum atomic E-state index is 13.1. The third-order valence-electron chi connectivity index (χ3n) is 5.45. The van der Waals surface area contributed by atoms with E-state index >= 15 is 0 Å². The number of aliphatic hydroxyl groups is 4. The Hall–Kier alpha value is -3.55. The lowest BCUT2D eigenvalue weighted by Gasteiger charge is -2.39. The molecule has 7 N–H and O–H groups in total. The summed E-state index contributed by atoms with van der Waals surface area (Å²) >= 11 is 0. The number of methoxy groups -OCH3 is 1. The first-order valence-electron chi connectivity index (χ1n) is 10.0. The van der Waals surface area contributed by atoms with Gasteiger partial charge >= 0.3 is 0 Å². The predicted molar refractivity (Wildman–Crippen MR) is 114 cm³/mol. The zero-order valence-electron chi connectivity index (χ0n) is 17.7. The van der Waals surface area contributed by atoms with Gasteiger partial charge in [0.25, 0.3) is 0 Å². The third-order valence-corrected chi connectivity index (χ3v) is 5.45. The number of aromatic hydroxyl groups is 3. The Morgan fingerprint density at radius 1 is 0.971 bits per heavy atom. The molecule has 1 saturated heterocycles. The lowest BCUT2D eigenvalue weighted by molar-refractivity contribution is -0.277. The molecule has 4 rings (SSSR count). The molecular formula is C22H22O12. The minimum Gasteiger partial charge on any atom is -0.508 e. The summed E-state index contributed by atoms with van der Waals surface area (Å²) in [5.74, 6) is -1.98. The highest BCUT2D eigenvalue weighted by Crippen LogP contribution is 2.39. The zero-order chi connectivity index (χ0) is 24.7. The van der Waals surface area contributed by atoms with Crippen LogP contribution in [0.25, 0.3) is 22.3 Å². The van der Waals surface area contributed by atoms with Gasteiger partial charge in [-0.2, -0.15) is 0 Å². The quantitative estimate of drug-likeness (QED) is 0.254. The van der Waals surface area contributed by atoms with Crippen molar-refractivity contribution < 1.29 is 54.4 Å². The van der Waals surface area contributed by atoms with E-state index < -0.39 is 54.2 Å². The smallest absolute Gasteiger partial charge is 0.238 e. The summed E-state index contributed by atoms with van der Waals surface area (Å²) in [6.07, 6.45) is -8.06. The Bertz CT molecular complexity index is 1270. The van der Waals surface area contributed by atoms with E-state index in [1.165, 1.54) is 25.3 Å². The maximum absolute atomic E-state index is 13.1. The summed E-state index contributed by atoms with van der Waals surface area (Å²) < 4.78 is 21.5. The van der Waals surface area contributed by atoms with Crippen molar-refractivity contribution in [3.05, 3.63) is 40.6 Å². The molecule has 2 heterocycles. The average molecular weight is 478 g/mol. The molecule has 1 aliphatic rings. The summed E-state index contributed by atoms with van der Waals surface area (Å²) in [6, 6.07) is 6.07. The van der Waals surface area contributed by atoms with Gasteiger partial charge in [0.1, 0.15) is 46.9 Å². The highest BCUT2D eigenvalue weighted by molar-refractivity contribution is 5.88. The predicted octanol–water partition coefficient (Wildman–Crippen LogP) is -0.236. The third kappa shape index (κ3) is 3.97. The summed E-state index contributed by atoms with van der Waals surface area (Å²) in [5.41, 5.74) is -0.974. The van der Waals surface area contributed by atoms with Gasteiger partial charge < -0.3 is 54.4 Å². The minimum absolute atomic E-state index is 0.0576. The summed E-state index contributed by atoms with van der Waals surface area (Å²) in [6.45, 7) is -0.700. The number of aliphatic hydroxyl groups excluding tert-OH is 4. The first-order valence-corrected chi connectivity index (χ1v) is 10.0. The van der Waals surface area contributed by atoms with Gasteiger partial charge in [0.05, 0.1) is 13.7 Å². The highest BCUT2D eigenvalue weighted by Gasteiger charge is 2.45. The Labute approximate surface area is 191 Å². The van der Waals surface area contributed by atoms with Crippen molar-refractivity contribution >= 4 is 11.0 Å². The molecule has 0 aliphatic carbocycles. The topological polar surface area (TPSA) is 200 Å². The Morgan fingerprint density at radius 3 is 2.38 bits per heavy atom. The van der Waals surface area contributed by atoms with Gasteiger partial charge in [-0.1, -0.05) is 0 Å². The van der Waals surface area contributed by atoms with Crippen LogP contribution in [0.1, 0.15) is 0 Å². The highest BCUT2D eigenvalue weighted by atomic mass is 16.7. The molecule has 5 atom stereocenters. The number of phenols is 2. The van der Waals surface area contributed by atoms with Gasteiger partial charge in [-0.05, 0) is 18.2 Å². The van der Waals surface area contributed by atoms with Crippen LogP contribution in [0, 0.1) is 0 Å². The molecule has 12 heteroatoms. The molecule has 0 radical (unpaired) electrons. The van der Waals surface area contributed by atoms with Gasteiger partial charge in [0.2, 0.25) is 17.5 Å². The van der Waals surface area contributed by atoms with E-state index in [1.807, 2.05) is 0 Å². The molecule has 2 aromatic carbocycles. The monoisotopic (exact) mass is 478 g/mol. The molecule has 1 fully saturated rings. The average Bonchev–Trinajstić information content (AvgIpc) is 2.81. The van der Waals surface area contributed by atoms with Crippen molar-refractivity contribution in [1.29, 1.82) is 0 Å². The lowest BCUT2D eigenvalue weighted by Crippen LogP contribution is -2.60. The van der Waals surface area contributed by atoms with E-state index in [9.17, 15) is 40.5 Å². The molecule has 12 nitrogen and oxygen atoms in total. The van der Waals surface area contributed by atoms with Crippen LogP contribution in [0.2, 0.25) is 0 Å². The van der Waals surface area contributed by atoms with Crippen LogP contribution in [-0.4, -0.2) is 80.2 Å². The maximum Gasteiger partial charge on any atom is 0.238 e. The molecule has 1 aliphatic heterocycles. The molecule has 34 heavy (non-hydrogen) atoms. The van der Waals surface area contributed by atoms with E-state index in [1.54, 1.807) is 0 Å². The molecule has 0 unspecified atom stereocenters. The van der Waals surface area contributed by atoms with Gasteiger partial charge in [-0.3, -0.25) is 4.79 Å². The molecular weight excluding hydrogens is 456 g/mol. The number of benzene rings is 2. The van der Waals surface area contributed by atoms with Crippen LogP contribution in [0.15, 0.2) is 39.5 Å². The standard InChI is InChI=1S/C22H22O12/c1-31-11-4-8(2-3-10(11)25)21-19(29)17(27)15-12(32-21)5-9(24)6-13(15)33-22-20(30)18(28)16(26)14(7-23)34-22/h2-6,14,16,18,20,22-26,28-30H,7H2,1H3/t14-,16-,18-,20+,22-/m1/s1. The van der Waals surface area contributed by atoms with Crippen LogP contribution >= 0.6 is 0 Å². The van der Waals surface area contributed by atoms with E-state index in [0.717, 1.165) is 12.1 Å². The van der Waals surface area contributed by atoms with Crippen LogP contribution in [0.5, 0.6) is 28.7 Å². The van der Waals surface area contributed by atoms with Crippen LogP contribution in [0.3, 0.4) is 0 Å². The van der Waals surface area contributed by atoms with Crippen molar-refractivity contribution in [2.24, 2.45) is 0 Å². The van der Waals surface area contributed by atoms with Crippen LogP contribution in [-0.2, 0) is 4.74 Å². The first kappa shape index (κ1) is 23.6. The lowest BCUT2D eigenvalue weighted by atomic mass is 9.99. The molecule has 0 amide bonds. The Balaban J connectivity index is 1.81. The van der Waals surface area contributed by atoms with Gasteiger partial charge in [0, 0.05) is 17.7 Å². The number of hydrogen-bond donors (Lipinski definition) is 7. The fraction of sp³-hybridized carbons (Fsp3) is 0.318. The molecule has 0 bridgehead atoms. The van der Waals surface area contributed by atoms with Gasteiger partial charge in [-0.15, -0.1) is 0 Å². The Kier molecular flexibility index (Phi) is 6.25. The summed E-state index contributed by atoms with van der Waals surface area (Å²) in [5, 5.41) is 69.6. The van der Waals surface area contributed by atoms with E-state index in [0.29, 0.717) is 0 Å². The molecule has 0 spiro atoms. The zero-order valence-corrected chi connectivity index (χ0v) is 17.7. The van der Waals surface area contributed by atoms with Crippen molar-refractivity contribution in [2.75, 3.05) is 13.7 Å². The summed E-state index contributed by atoms with van der Waals surface area (Å²) in [4.78, 5) is 13.1. The van der Waals surface area contributed by atoms with Crippen molar-refractivity contribution in [3.8, 4) is 40.1 Å². The Morgan fingerprint density at radius 2 is 1.71 bits per heavy atom. The second-order valence-corrected chi connectivity index (χ2v) is 7.63. The fourth-order valence-electron chi connectivity index (χ4n) is 3.66. The first-order chi connectivity index (χ1) is 16.2. The number of fused-ring (bicyclic) bond motifs is 1. The van der Waals surface area contributed by atoms with Gasteiger partial charge in [0.15, 0.2) is 17.3 Å². The largest absolute Gasteiger partial charge is 0.508 e. The minimum atomic E-state index is -1.78. The second-order valence-electron chi connectivity index (χ2n) is 7.63. The van der Waals surface area contributed by atoms with E-state index in [-0.39, 0.29) is 39.5 Å². The summed E-state index contributed by atoms with van der Waals surface area (Å²) in [7, 11) is 1.32. The van der Waals surface area contributed by atoms with Crippen molar-refractivity contribution in [3.63, 3.8) is 0 Å². The second kappa shape index (κ2) is 9.00. The number of rotatable bonds is 5. The van der Waals surface area contributed by atoms with Crippen LogP contribution < -0.4 is 14.9 Å². The molecule has 182 valence electrons. The van der Waals surface area contributed by atoms with E-state index in [2.05, 4.69) is 0 Å².